The van der Waals surface area contributed by atoms with Crippen LogP contribution in [0.2, 0.25) is 0 Å². The monoisotopic (exact) mass is 502 g/mol. The van der Waals surface area contributed by atoms with Gasteiger partial charge >= 0.3 is 0 Å². The van der Waals surface area contributed by atoms with Gasteiger partial charge in [-0.15, -0.1) is 0 Å². The van der Waals surface area contributed by atoms with Gasteiger partial charge in [0.2, 0.25) is 0 Å². The predicted molar refractivity (Wildman–Crippen MR) is 138 cm³/mol. The minimum Gasteiger partial charge on any atom is -0.494 e. The van der Waals surface area contributed by atoms with E-state index < -0.39 is 11.6 Å². The molecule has 0 atom stereocenters. The van der Waals surface area contributed by atoms with Crippen LogP contribution in [0.1, 0.15) is 112 Å². The fourth-order valence-corrected chi connectivity index (χ4v) is 6.18. The summed E-state index contributed by atoms with van der Waals surface area (Å²) in [4.78, 5) is 0. The van der Waals surface area contributed by atoms with Crippen molar-refractivity contribution in [2.45, 2.75) is 109 Å². The van der Waals surface area contributed by atoms with E-state index in [0.717, 1.165) is 62.8 Å². The molecule has 2 nitrogen and oxygen atoms in total. The molecule has 2 aromatic carbocycles. The Morgan fingerprint density at radius 1 is 0.806 bits per heavy atom. The van der Waals surface area contributed by atoms with Gasteiger partial charge in [0.1, 0.15) is 0 Å². The van der Waals surface area contributed by atoms with E-state index in [1.807, 2.05) is 6.07 Å². The number of methoxy groups -OCH3 is 1. The summed E-state index contributed by atoms with van der Waals surface area (Å²) in [5.74, 6) is -0.376. The van der Waals surface area contributed by atoms with Crippen LogP contribution in [-0.4, -0.2) is 13.2 Å². The maximum atomic E-state index is 15.0. The van der Waals surface area contributed by atoms with E-state index >= 15 is 4.39 Å². The first-order valence-electron chi connectivity index (χ1n) is 13.9. The van der Waals surface area contributed by atoms with E-state index in [9.17, 15) is 8.78 Å². The molecule has 0 aliphatic heterocycles. The maximum Gasteiger partial charge on any atom is 0.165 e. The highest BCUT2D eigenvalue weighted by atomic mass is 19.2. The number of unbranched alkanes of at least 4 members (excludes halogenated alkanes) is 2. The Kier molecular flexibility index (Phi) is 9.75. The molecular formula is C31H41F3O2. The van der Waals surface area contributed by atoms with Crippen molar-refractivity contribution in [3.63, 3.8) is 0 Å². The molecule has 0 spiro atoms. The standard InChI is InChI=1S/C31H41F3O2/c1-3-4-5-6-21-7-9-23(10-8-21)27-17-13-25(30(33)31(27)34)20-36-26-15-11-22(12-16-26)24-14-18-29(35-2)28(32)19-24/h13-14,17-19,21-23,26H,3-12,15-16,20H2,1-2H3. The van der Waals surface area contributed by atoms with Gasteiger partial charge in [-0.3, -0.25) is 0 Å². The average molecular weight is 503 g/mol. The molecule has 0 unspecified atom stereocenters. The Hall–Kier alpha value is -2.01. The number of ether oxygens (including phenoxy) is 2. The van der Waals surface area contributed by atoms with Crippen LogP contribution in [-0.2, 0) is 11.3 Å². The third-order valence-corrected chi connectivity index (χ3v) is 8.49. The Morgan fingerprint density at radius 3 is 2.19 bits per heavy atom. The number of rotatable bonds is 10. The van der Waals surface area contributed by atoms with Crippen molar-refractivity contribution in [2.75, 3.05) is 7.11 Å². The van der Waals surface area contributed by atoms with Gasteiger partial charge in [0.05, 0.1) is 19.8 Å². The van der Waals surface area contributed by atoms with Crippen molar-refractivity contribution < 1.29 is 22.6 Å². The van der Waals surface area contributed by atoms with Crippen LogP contribution in [0.3, 0.4) is 0 Å². The predicted octanol–water partition coefficient (Wildman–Crippen LogP) is 9.21. The summed E-state index contributed by atoms with van der Waals surface area (Å²) in [6.45, 7) is 2.31. The minimum atomic E-state index is -0.750. The van der Waals surface area contributed by atoms with Crippen molar-refractivity contribution in [1.82, 2.24) is 0 Å². The van der Waals surface area contributed by atoms with Gasteiger partial charge < -0.3 is 9.47 Å². The van der Waals surface area contributed by atoms with E-state index in [-0.39, 0.29) is 36.1 Å². The third kappa shape index (κ3) is 6.65. The van der Waals surface area contributed by atoms with Gasteiger partial charge in [-0.25, -0.2) is 13.2 Å². The van der Waals surface area contributed by atoms with Gasteiger partial charge in [0.25, 0.3) is 0 Å². The normalized spacial score (nSPS) is 24.6. The van der Waals surface area contributed by atoms with Gasteiger partial charge in [0, 0.05) is 5.56 Å². The maximum absolute atomic E-state index is 15.0. The number of benzene rings is 2. The molecule has 5 heteroatoms. The van der Waals surface area contributed by atoms with Gasteiger partial charge in [-0.05, 0) is 92.4 Å². The SMILES string of the molecule is CCCCCC1CCC(c2ccc(COC3CCC(c4ccc(OC)c(F)c4)CC3)c(F)c2F)CC1. The minimum absolute atomic E-state index is 0.00877. The lowest BCUT2D eigenvalue weighted by molar-refractivity contribution is 0.0118. The zero-order valence-corrected chi connectivity index (χ0v) is 21.8. The summed E-state index contributed by atoms with van der Waals surface area (Å²) >= 11 is 0. The molecule has 198 valence electrons. The van der Waals surface area contributed by atoms with Crippen LogP contribution in [0.15, 0.2) is 30.3 Å². The lowest BCUT2D eigenvalue weighted by Gasteiger charge is -2.30. The molecule has 36 heavy (non-hydrogen) atoms. The van der Waals surface area contributed by atoms with Crippen molar-refractivity contribution >= 4 is 0 Å². The van der Waals surface area contributed by atoms with Crippen LogP contribution in [0.4, 0.5) is 13.2 Å². The van der Waals surface area contributed by atoms with Crippen molar-refractivity contribution in [1.29, 1.82) is 0 Å². The molecule has 0 N–H and O–H groups in total. The molecule has 0 aromatic heterocycles. The highest BCUT2D eigenvalue weighted by molar-refractivity contribution is 5.32. The van der Waals surface area contributed by atoms with Crippen LogP contribution in [0.5, 0.6) is 5.75 Å². The fraction of sp³-hybridized carbons (Fsp3) is 0.613. The van der Waals surface area contributed by atoms with Gasteiger partial charge in [0.15, 0.2) is 23.2 Å². The first-order chi connectivity index (χ1) is 17.5. The van der Waals surface area contributed by atoms with Crippen molar-refractivity contribution in [2.24, 2.45) is 5.92 Å². The molecule has 0 amide bonds. The smallest absolute Gasteiger partial charge is 0.165 e. The van der Waals surface area contributed by atoms with Crippen LogP contribution >= 0.6 is 0 Å². The molecular weight excluding hydrogens is 461 g/mol. The second-order valence-corrected chi connectivity index (χ2v) is 10.8. The second-order valence-electron chi connectivity index (χ2n) is 10.8. The molecule has 2 aliphatic carbocycles. The van der Waals surface area contributed by atoms with E-state index in [4.69, 9.17) is 9.47 Å². The zero-order chi connectivity index (χ0) is 25.5. The number of halogens is 3. The molecule has 4 rings (SSSR count). The van der Waals surface area contributed by atoms with Crippen LogP contribution < -0.4 is 4.74 Å². The lowest BCUT2D eigenvalue weighted by Crippen LogP contribution is -2.21. The third-order valence-electron chi connectivity index (χ3n) is 8.49. The highest BCUT2D eigenvalue weighted by Gasteiger charge is 2.27. The molecule has 0 bridgehead atoms. The summed E-state index contributed by atoms with van der Waals surface area (Å²) < 4.78 is 55.0. The first kappa shape index (κ1) is 27.0. The van der Waals surface area contributed by atoms with E-state index in [1.165, 1.54) is 32.8 Å². The topological polar surface area (TPSA) is 18.5 Å². The van der Waals surface area contributed by atoms with Crippen molar-refractivity contribution in [3.8, 4) is 5.75 Å². The van der Waals surface area contributed by atoms with E-state index in [1.54, 1.807) is 24.3 Å². The van der Waals surface area contributed by atoms with E-state index in [2.05, 4.69) is 6.92 Å². The summed E-state index contributed by atoms with van der Waals surface area (Å²) in [5, 5.41) is 0. The number of hydrogen-bond acceptors (Lipinski definition) is 2. The summed E-state index contributed by atoms with van der Waals surface area (Å²) in [5.41, 5.74) is 1.81. The summed E-state index contributed by atoms with van der Waals surface area (Å²) in [7, 11) is 1.46. The molecule has 0 saturated heterocycles. The summed E-state index contributed by atoms with van der Waals surface area (Å²) in [6.07, 6.45) is 12.6. The lowest BCUT2D eigenvalue weighted by atomic mass is 9.76. The Balaban J connectivity index is 1.26. The zero-order valence-electron chi connectivity index (χ0n) is 21.8. The molecule has 2 saturated carbocycles. The fourth-order valence-electron chi connectivity index (χ4n) is 6.18. The molecule has 2 aliphatic rings. The Bertz CT molecular complexity index is 976. The first-order valence-corrected chi connectivity index (χ1v) is 13.9. The summed E-state index contributed by atoms with van der Waals surface area (Å²) in [6, 6.07) is 8.66. The van der Waals surface area contributed by atoms with Gasteiger partial charge in [-0.1, -0.05) is 50.8 Å². The highest BCUT2D eigenvalue weighted by Crippen LogP contribution is 2.40. The quantitative estimate of drug-likeness (QED) is 0.302. The van der Waals surface area contributed by atoms with Crippen molar-refractivity contribution in [3.05, 3.63) is 64.5 Å². The Morgan fingerprint density at radius 2 is 1.53 bits per heavy atom. The molecule has 0 radical (unpaired) electrons. The van der Waals surface area contributed by atoms with Crippen LogP contribution in [0, 0.1) is 23.4 Å². The molecule has 2 fully saturated rings. The average Bonchev–Trinajstić information content (AvgIpc) is 2.90. The largest absolute Gasteiger partial charge is 0.494 e. The molecule has 2 aromatic rings. The van der Waals surface area contributed by atoms with Gasteiger partial charge in [-0.2, -0.15) is 0 Å². The number of hydrogen-bond donors (Lipinski definition) is 0. The second kappa shape index (κ2) is 13.0. The van der Waals surface area contributed by atoms with E-state index in [0.29, 0.717) is 11.1 Å². The molecule has 0 heterocycles. The van der Waals surface area contributed by atoms with Crippen LogP contribution in [0.25, 0.3) is 0 Å². The Labute approximate surface area is 214 Å².